The number of nitrogens with zero attached hydrogens (tertiary/aromatic N) is 1. The van der Waals surface area contributed by atoms with Gasteiger partial charge in [0.2, 0.25) is 0 Å². The summed E-state index contributed by atoms with van der Waals surface area (Å²) in [6.45, 7) is 5.08. The molecule has 6 heteroatoms. The van der Waals surface area contributed by atoms with Crippen molar-refractivity contribution in [1.29, 1.82) is 0 Å². The topological polar surface area (TPSA) is 79.0 Å². The Morgan fingerprint density at radius 3 is 2.50 bits per heavy atom. The Balaban J connectivity index is 1.68. The first kappa shape index (κ1) is 17.7. The molecule has 1 heterocycles. The minimum Gasteiger partial charge on any atom is -0.377 e. The highest BCUT2D eigenvalue weighted by atomic mass is 16.5. The molecule has 0 aliphatic heterocycles. The fraction of sp³-hybridized carbons (Fsp3) is 0.200. The second kappa shape index (κ2) is 8.31. The van der Waals surface area contributed by atoms with Crippen molar-refractivity contribution < 1.29 is 9.53 Å². The van der Waals surface area contributed by atoms with Crippen LogP contribution in [0.2, 0.25) is 0 Å². The van der Waals surface area contributed by atoms with Gasteiger partial charge < -0.3 is 15.4 Å². The Morgan fingerprint density at radius 1 is 1.08 bits per heavy atom. The lowest BCUT2D eigenvalue weighted by atomic mass is 10.1. The second-order valence-electron chi connectivity index (χ2n) is 5.85. The van der Waals surface area contributed by atoms with Crippen molar-refractivity contribution in [3.63, 3.8) is 0 Å². The maximum atomic E-state index is 12.4. The number of amides is 2. The standard InChI is InChI=1S/C20H22N4O2/c1-3-26-13-15-9-11-17(12-10-15)21-20(25)22-18-14(2)23-24-19(18)16-7-5-4-6-8-16/h4-12H,3,13H2,1-2H3,(H,23,24)(H2,21,22,25). The first-order valence-electron chi connectivity index (χ1n) is 8.52. The largest absolute Gasteiger partial charge is 0.377 e. The van der Waals surface area contributed by atoms with Gasteiger partial charge in [0.1, 0.15) is 5.69 Å². The van der Waals surface area contributed by atoms with Crippen LogP contribution in [0.25, 0.3) is 11.3 Å². The van der Waals surface area contributed by atoms with Crippen LogP contribution < -0.4 is 10.6 Å². The zero-order chi connectivity index (χ0) is 18.4. The van der Waals surface area contributed by atoms with Crippen molar-refractivity contribution in [3.05, 3.63) is 65.9 Å². The second-order valence-corrected chi connectivity index (χ2v) is 5.85. The Hall–Kier alpha value is -3.12. The SMILES string of the molecule is CCOCc1ccc(NC(=O)Nc2c(-c3ccccc3)n[nH]c2C)cc1. The molecule has 0 aliphatic carbocycles. The average molecular weight is 350 g/mol. The van der Waals surface area contributed by atoms with Crippen molar-refractivity contribution in [2.75, 3.05) is 17.2 Å². The van der Waals surface area contributed by atoms with Crippen LogP contribution in [0.5, 0.6) is 0 Å². The van der Waals surface area contributed by atoms with Gasteiger partial charge in [-0.1, -0.05) is 42.5 Å². The number of aryl methyl sites for hydroxylation is 1. The zero-order valence-corrected chi connectivity index (χ0v) is 14.9. The number of aromatic nitrogens is 2. The van der Waals surface area contributed by atoms with E-state index < -0.39 is 0 Å². The third kappa shape index (κ3) is 4.29. The van der Waals surface area contributed by atoms with E-state index >= 15 is 0 Å². The molecule has 0 atom stereocenters. The van der Waals surface area contributed by atoms with E-state index in [0.29, 0.717) is 30.3 Å². The minimum atomic E-state index is -0.316. The van der Waals surface area contributed by atoms with Crippen molar-refractivity contribution in [2.24, 2.45) is 0 Å². The predicted octanol–water partition coefficient (Wildman–Crippen LogP) is 4.57. The molecule has 3 aromatic rings. The molecule has 1 aromatic heterocycles. The Bertz CT molecular complexity index is 857. The Labute approximate surface area is 152 Å². The van der Waals surface area contributed by atoms with Gasteiger partial charge in [-0.25, -0.2) is 4.79 Å². The summed E-state index contributed by atoms with van der Waals surface area (Å²) in [7, 11) is 0. The minimum absolute atomic E-state index is 0.316. The van der Waals surface area contributed by atoms with Crippen molar-refractivity contribution in [2.45, 2.75) is 20.5 Å². The number of benzene rings is 2. The molecular weight excluding hydrogens is 328 g/mol. The third-order valence-corrected chi connectivity index (χ3v) is 3.92. The highest BCUT2D eigenvalue weighted by molar-refractivity contribution is 6.02. The summed E-state index contributed by atoms with van der Waals surface area (Å²) in [6.07, 6.45) is 0. The van der Waals surface area contributed by atoms with Crippen LogP contribution in [-0.4, -0.2) is 22.8 Å². The van der Waals surface area contributed by atoms with Gasteiger partial charge in [0.15, 0.2) is 0 Å². The maximum absolute atomic E-state index is 12.4. The number of hydrogen-bond acceptors (Lipinski definition) is 3. The molecule has 0 saturated heterocycles. The van der Waals surface area contributed by atoms with E-state index in [4.69, 9.17) is 4.74 Å². The molecule has 0 aliphatic rings. The van der Waals surface area contributed by atoms with E-state index in [0.717, 1.165) is 16.8 Å². The number of carbonyl (C=O) groups excluding carboxylic acids is 1. The molecule has 2 aromatic carbocycles. The number of ether oxygens (including phenoxy) is 1. The van der Waals surface area contributed by atoms with Crippen LogP contribution in [0, 0.1) is 6.92 Å². The van der Waals surface area contributed by atoms with Crippen LogP contribution in [0.3, 0.4) is 0 Å². The van der Waals surface area contributed by atoms with E-state index in [1.54, 1.807) is 0 Å². The molecule has 3 N–H and O–H groups in total. The van der Waals surface area contributed by atoms with Crippen LogP contribution in [0.1, 0.15) is 18.2 Å². The first-order chi connectivity index (χ1) is 12.7. The first-order valence-corrected chi connectivity index (χ1v) is 8.52. The van der Waals surface area contributed by atoms with Crippen LogP contribution >= 0.6 is 0 Å². The molecule has 0 spiro atoms. The molecule has 6 nitrogen and oxygen atoms in total. The van der Waals surface area contributed by atoms with E-state index in [-0.39, 0.29) is 6.03 Å². The van der Waals surface area contributed by atoms with Gasteiger partial charge in [-0.2, -0.15) is 5.10 Å². The lowest BCUT2D eigenvalue weighted by molar-refractivity contribution is 0.134. The highest BCUT2D eigenvalue weighted by Crippen LogP contribution is 2.28. The summed E-state index contributed by atoms with van der Waals surface area (Å²) in [5.41, 5.74) is 4.89. The Kier molecular flexibility index (Phi) is 5.66. The van der Waals surface area contributed by atoms with Gasteiger partial charge in [0, 0.05) is 17.9 Å². The Morgan fingerprint density at radius 2 is 1.81 bits per heavy atom. The fourth-order valence-electron chi connectivity index (χ4n) is 2.57. The fourth-order valence-corrected chi connectivity index (χ4v) is 2.57. The summed E-state index contributed by atoms with van der Waals surface area (Å²) in [6, 6.07) is 17.0. The number of aromatic amines is 1. The number of nitrogens with one attached hydrogen (secondary N) is 3. The van der Waals surface area contributed by atoms with Gasteiger partial charge >= 0.3 is 6.03 Å². The van der Waals surface area contributed by atoms with Crippen molar-refractivity contribution >= 4 is 17.4 Å². The van der Waals surface area contributed by atoms with E-state index in [9.17, 15) is 4.79 Å². The number of H-pyrrole nitrogens is 1. The van der Waals surface area contributed by atoms with Crippen LogP contribution in [0.4, 0.5) is 16.2 Å². The molecule has 0 saturated carbocycles. The zero-order valence-electron chi connectivity index (χ0n) is 14.9. The normalized spacial score (nSPS) is 10.5. The van der Waals surface area contributed by atoms with Crippen molar-refractivity contribution in [3.8, 4) is 11.3 Å². The predicted molar refractivity (Wildman–Crippen MR) is 103 cm³/mol. The summed E-state index contributed by atoms with van der Waals surface area (Å²) in [4.78, 5) is 12.4. The molecule has 0 fully saturated rings. The van der Waals surface area contributed by atoms with Gasteiger partial charge in [-0.05, 0) is 31.5 Å². The van der Waals surface area contributed by atoms with E-state index in [1.807, 2.05) is 68.4 Å². The average Bonchev–Trinajstić information content (AvgIpc) is 3.02. The third-order valence-electron chi connectivity index (χ3n) is 3.92. The monoisotopic (exact) mass is 350 g/mol. The number of rotatable bonds is 6. The van der Waals surface area contributed by atoms with Gasteiger partial charge in [0.25, 0.3) is 0 Å². The highest BCUT2D eigenvalue weighted by Gasteiger charge is 2.14. The summed E-state index contributed by atoms with van der Waals surface area (Å²) < 4.78 is 5.37. The van der Waals surface area contributed by atoms with Crippen molar-refractivity contribution in [1.82, 2.24) is 10.2 Å². The smallest absolute Gasteiger partial charge is 0.323 e. The summed E-state index contributed by atoms with van der Waals surface area (Å²) >= 11 is 0. The van der Waals surface area contributed by atoms with Crippen LogP contribution in [0.15, 0.2) is 54.6 Å². The van der Waals surface area contributed by atoms with Crippen LogP contribution in [-0.2, 0) is 11.3 Å². The molecule has 2 amide bonds. The quantitative estimate of drug-likeness (QED) is 0.609. The molecule has 134 valence electrons. The van der Waals surface area contributed by atoms with Gasteiger partial charge in [-0.3, -0.25) is 5.10 Å². The maximum Gasteiger partial charge on any atom is 0.323 e. The van der Waals surface area contributed by atoms with Gasteiger partial charge in [-0.15, -0.1) is 0 Å². The number of anilines is 2. The summed E-state index contributed by atoms with van der Waals surface area (Å²) in [5, 5.41) is 13.0. The molecule has 26 heavy (non-hydrogen) atoms. The lowest BCUT2D eigenvalue weighted by Gasteiger charge is -2.10. The van der Waals surface area contributed by atoms with E-state index in [2.05, 4.69) is 20.8 Å². The number of urea groups is 1. The molecule has 0 bridgehead atoms. The number of carbonyl (C=O) groups is 1. The molecule has 0 radical (unpaired) electrons. The van der Waals surface area contributed by atoms with Gasteiger partial charge in [0.05, 0.1) is 18.0 Å². The number of hydrogen-bond donors (Lipinski definition) is 3. The summed E-state index contributed by atoms with van der Waals surface area (Å²) in [5.74, 6) is 0. The van der Waals surface area contributed by atoms with E-state index in [1.165, 1.54) is 0 Å². The lowest BCUT2D eigenvalue weighted by Crippen LogP contribution is -2.20. The molecule has 3 rings (SSSR count). The molecule has 0 unspecified atom stereocenters. The molecular formula is C20H22N4O2.